The van der Waals surface area contributed by atoms with Crippen molar-refractivity contribution in [3.8, 4) is 11.5 Å². The molecule has 1 aromatic heterocycles. The summed E-state index contributed by atoms with van der Waals surface area (Å²) in [6.07, 6.45) is 3.32. The highest BCUT2D eigenvalue weighted by molar-refractivity contribution is 6.02. The molecule has 0 saturated heterocycles. The van der Waals surface area contributed by atoms with E-state index in [9.17, 15) is 4.79 Å². The molecule has 0 atom stereocenters. The molecule has 3 aromatic carbocycles. The van der Waals surface area contributed by atoms with E-state index in [4.69, 9.17) is 4.42 Å². The Kier molecular flexibility index (Phi) is 4.77. The number of carbonyl (C=O) groups excluding carboxylic acids is 1. The summed E-state index contributed by atoms with van der Waals surface area (Å²) in [4.78, 5) is 16.9. The number of rotatable bonds is 4. The maximum atomic E-state index is 12.3. The predicted octanol–water partition coefficient (Wildman–Crippen LogP) is 5.76. The van der Waals surface area contributed by atoms with Crippen molar-refractivity contribution in [2.75, 3.05) is 5.32 Å². The molecule has 1 N–H and O–H groups in total. The molecule has 138 valence electrons. The summed E-state index contributed by atoms with van der Waals surface area (Å²) in [6, 6.07) is 21.4. The fraction of sp³-hybridized carbons (Fsp3) is 0.0833. The largest absolute Gasteiger partial charge is 0.436 e. The van der Waals surface area contributed by atoms with Gasteiger partial charge in [-0.15, -0.1) is 0 Å². The van der Waals surface area contributed by atoms with Gasteiger partial charge in [-0.3, -0.25) is 4.79 Å². The molecule has 4 heteroatoms. The van der Waals surface area contributed by atoms with Gasteiger partial charge in [0, 0.05) is 17.3 Å². The number of aryl methyl sites for hydroxylation is 1. The summed E-state index contributed by atoms with van der Waals surface area (Å²) in [5.74, 6) is 0.367. The van der Waals surface area contributed by atoms with Gasteiger partial charge in [-0.2, -0.15) is 0 Å². The van der Waals surface area contributed by atoms with Crippen molar-refractivity contribution in [2.45, 2.75) is 13.8 Å². The number of carbonyl (C=O) groups is 1. The first-order valence-corrected chi connectivity index (χ1v) is 9.11. The van der Waals surface area contributed by atoms with Gasteiger partial charge in [-0.05, 0) is 60.9 Å². The third-order valence-electron chi connectivity index (χ3n) is 4.59. The highest BCUT2D eigenvalue weighted by atomic mass is 16.3. The number of amides is 1. The van der Waals surface area contributed by atoms with Crippen molar-refractivity contribution < 1.29 is 9.21 Å². The van der Waals surface area contributed by atoms with Crippen molar-refractivity contribution >= 4 is 28.8 Å². The van der Waals surface area contributed by atoms with Crippen LogP contribution < -0.4 is 5.32 Å². The lowest BCUT2D eigenvalue weighted by Crippen LogP contribution is -2.09. The number of nitrogens with one attached hydrogen (secondary N) is 1. The summed E-state index contributed by atoms with van der Waals surface area (Å²) in [5, 5.41) is 2.94. The molecule has 1 amide bonds. The Bertz CT molecular complexity index is 1170. The molecule has 0 unspecified atom stereocenters. The minimum Gasteiger partial charge on any atom is -0.436 e. The van der Waals surface area contributed by atoms with E-state index >= 15 is 0 Å². The van der Waals surface area contributed by atoms with E-state index in [1.54, 1.807) is 6.08 Å². The van der Waals surface area contributed by atoms with Crippen molar-refractivity contribution in [1.82, 2.24) is 4.98 Å². The lowest BCUT2D eigenvalue weighted by Gasteiger charge is -2.09. The SMILES string of the molecule is Cc1ccc2oc(-c3cccc(NC(=O)/C=C/c4ccccc4)c3C)nc2c1. The average molecular weight is 368 g/mol. The molecule has 0 aliphatic heterocycles. The molecule has 4 aromatic rings. The van der Waals surface area contributed by atoms with Crippen LogP contribution in [0.3, 0.4) is 0 Å². The van der Waals surface area contributed by atoms with Crippen LogP contribution in [0.25, 0.3) is 28.6 Å². The number of hydrogen-bond donors (Lipinski definition) is 1. The third kappa shape index (κ3) is 3.71. The van der Waals surface area contributed by atoms with Gasteiger partial charge in [-0.1, -0.05) is 42.5 Å². The lowest BCUT2D eigenvalue weighted by atomic mass is 10.1. The van der Waals surface area contributed by atoms with Crippen molar-refractivity contribution in [1.29, 1.82) is 0 Å². The van der Waals surface area contributed by atoms with E-state index in [-0.39, 0.29) is 5.91 Å². The van der Waals surface area contributed by atoms with Crippen molar-refractivity contribution in [3.63, 3.8) is 0 Å². The van der Waals surface area contributed by atoms with Gasteiger partial charge in [-0.25, -0.2) is 4.98 Å². The maximum Gasteiger partial charge on any atom is 0.248 e. The van der Waals surface area contributed by atoms with Crippen LogP contribution >= 0.6 is 0 Å². The maximum absolute atomic E-state index is 12.3. The third-order valence-corrected chi connectivity index (χ3v) is 4.59. The number of anilines is 1. The molecule has 4 nitrogen and oxygen atoms in total. The second kappa shape index (κ2) is 7.53. The Labute approximate surface area is 163 Å². The first-order chi connectivity index (χ1) is 13.6. The van der Waals surface area contributed by atoms with E-state index in [1.807, 2.05) is 80.6 Å². The summed E-state index contributed by atoms with van der Waals surface area (Å²) in [5.41, 5.74) is 6.19. The Morgan fingerprint density at radius 3 is 2.64 bits per heavy atom. The molecule has 0 aliphatic carbocycles. The number of nitrogens with zero attached hydrogens (tertiary/aromatic N) is 1. The summed E-state index contributed by atoms with van der Waals surface area (Å²) in [6.45, 7) is 3.98. The van der Waals surface area contributed by atoms with Gasteiger partial charge < -0.3 is 9.73 Å². The zero-order valence-electron chi connectivity index (χ0n) is 15.8. The van der Waals surface area contributed by atoms with E-state index in [1.165, 1.54) is 6.08 Å². The van der Waals surface area contributed by atoms with Gasteiger partial charge in [0.05, 0.1) is 0 Å². The normalized spacial score (nSPS) is 11.2. The highest BCUT2D eigenvalue weighted by Gasteiger charge is 2.13. The molecule has 0 radical (unpaired) electrons. The lowest BCUT2D eigenvalue weighted by molar-refractivity contribution is -0.111. The van der Waals surface area contributed by atoms with Gasteiger partial charge in [0.2, 0.25) is 11.8 Å². The van der Waals surface area contributed by atoms with E-state index in [0.29, 0.717) is 5.89 Å². The Hall–Kier alpha value is -3.66. The topological polar surface area (TPSA) is 55.1 Å². The van der Waals surface area contributed by atoms with Crippen LogP contribution in [0.2, 0.25) is 0 Å². The molecule has 4 rings (SSSR count). The summed E-state index contributed by atoms with van der Waals surface area (Å²) in [7, 11) is 0. The van der Waals surface area contributed by atoms with Crippen molar-refractivity contribution in [2.24, 2.45) is 0 Å². The molecule has 0 fully saturated rings. The zero-order chi connectivity index (χ0) is 19.5. The standard InChI is InChI=1S/C24H20N2O2/c1-16-11-13-22-21(15-16)26-24(28-22)19-9-6-10-20(17(19)2)25-23(27)14-12-18-7-4-3-5-8-18/h3-15H,1-2H3,(H,25,27)/b14-12+. The number of aromatic nitrogens is 1. The molecule has 1 heterocycles. The van der Waals surface area contributed by atoms with Crippen LogP contribution in [0.5, 0.6) is 0 Å². The van der Waals surface area contributed by atoms with E-state index in [0.717, 1.165) is 39.0 Å². The van der Waals surface area contributed by atoms with Crippen LogP contribution in [-0.4, -0.2) is 10.9 Å². The Morgan fingerprint density at radius 2 is 1.82 bits per heavy atom. The number of benzene rings is 3. The molecule has 28 heavy (non-hydrogen) atoms. The Balaban J connectivity index is 1.59. The molecular weight excluding hydrogens is 348 g/mol. The molecule has 0 saturated carbocycles. The van der Waals surface area contributed by atoms with Gasteiger partial charge in [0.25, 0.3) is 0 Å². The highest BCUT2D eigenvalue weighted by Crippen LogP contribution is 2.30. The van der Waals surface area contributed by atoms with Crippen LogP contribution in [0.15, 0.2) is 77.2 Å². The molecule has 0 bridgehead atoms. The molecule has 0 aliphatic rings. The first kappa shape index (κ1) is 17.7. The monoisotopic (exact) mass is 368 g/mol. The summed E-state index contributed by atoms with van der Waals surface area (Å²) < 4.78 is 5.92. The minimum atomic E-state index is -0.183. The fourth-order valence-electron chi connectivity index (χ4n) is 3.07. The average Bonchev–Trinajstić information content (AvgIpc) is 3.11. The minimum absolute atomic E-state index is 0.183. The second-order valence-corrected chi connectivity index (χ2v) is 6.70. The quantitative estimate of drug-likeness (QED) is 0.466. The van der Waals surface area contributed by atoms with Crippen LogP contribution in [-0.2, 0) is 4.79 Å². The molecule has 0 spiro atoms. The fourth-order valence-corrected chi connectivity index (χ4v) is 3.07. The number of oxazole rings is 1. The van der Waals surface area contributed by atoms with E-state index in [2.05, 4.69) is 10.3 Å². The summed E-state index contributed by atoms with van der Waals surface area (Å²) >= 11 is 0. The number of fused-ring (bicyclic) bond motifs is 1. The number of hydrogen-bond acceptors (Lipinski definition) is 3. The Morgan fingerprint density at radius 1 is 1.00 bits per heavy atom. The van der Waals surface area contributed by atoms with Crippen LogP contribution in [0.1, 0.15) is 16.7 Å². The zero-order valence-corrected chi connectivity index (χ0v) is 15.8. The van der Waals surface area contributed by atoms with Crippen LogP contribution in [0, 0.1) is 13.8 Å². The van der Waals surface area contributed by atoms with Gasteiger partial charge in [0.1, 0.15) is 5.52 Å². The van der Waals surface area contributed by atoms with Crippen LogP contribution in [0.4, 0.5) is 5.69 Å². The van der Waals surface area contributed by atoms with Gasteiger partial charge in [0.15, 0.2) is 5.58 Å². The smallest absolute Gasteiger partial charge is 0.248 e. The van der Waals surface area contributed by atoms with Crippen molar-refractivity contribution in [3.05, 3.63) is 89.5 Å². The second-order valence-electron chi connectivity index (χ2n) is 6.70. The molecular formula is C24H20N2O2. The first-order valence-electron chi connectivity index (χ1n) is 9.11. The predicted molar refractivity (Wildman–Crippen MR) is 113 cm³/mol. The van der Waals surface area contributed by atoms with E-state index < -0.39 is 0 Å². The van der Waals surface area contributed by atoms with Gasteiger partial charge >= 0.3 is 0 Å².